The van der Waals surface area contributed by atoms with E-state index in [1.807, 2.05) is 0 Å². The molecule has 1 aliphatic carbocycles. The van der Waals surface area contributed by atoms with Gasteiger partial charge in [0.15, 0.2) is 0 Å². The van der Waals surface area contributed by atoms with Crippen LogP contribution in [0, 0.1) is 5.82 Å². The van der Waals surface area contributed by atoms with Crippen molar-refractivity contribution in [3.8, 4) is 5.75 Å². The van der Waals surface area contributed by atoms with Crippen LogP contribution in [0.25, 0.3) is 11.0 Å². The van der Waals surface area contributed by atoms with Gasteiger partial charge in [-0.15, -0.1) is 13.2 Å². The quantitative estimate of drug-likeness (QED) is 0.277. The molecule has 0 saturated carbocycles. The Balaban J connectivity index is 1.35. The Labute approximate surface area is 204 Å². The zero-order valence-corrected chi connectivity index (χ0v) is 19.4. The number of likely N-dealkylation sites (tertiary alicyclic amines) is 1. The fourth-order valence-corrected chi connectivity index (χ4v) is 5.44. The molecule has 0 bridgehead atoms. The molecular weight excluding hydrogens is 480 g/mol. The van der Waals surface area contributed by atoms with Crippen molar-refractivity contribution in [2.45, 2.75) is 56.9 Å². The van der Waals surface area contributed by atoms with Gasteiger partial charge in [0.2, 0.25) is 0 Å². The van der Waals surface area contributed by atoms with Gasteiger partial charge in [0.05, 0.1) is 17.9 Å². The number of nitrogens with zero attached hydrogens (tertiary/aromatic N) is 2. The van der Waals surface area contributed by atoms with Crippen LogP contribution in [-0.4, -0.2) is 51.4 Å². The molecule has 4 N–H and O–H groups in total. The summed E-state index contributed by atoms with van der Waals surface area (Å²) in [5, 5.41) is 11.1. The van der Waals surface area contributed by atoms with E-state index < -0.39 is 29.9 Å². The maximum atomic E-state index is 15.2. The predicted octanol–water partition coefficient (Wildman–Crippen LogP) is 4.44. The lowest BCUT2D eigenvalue weighted by Gasteiger charge is -2.33. The largest absolute Gasteiger partial charge is 0.573 e. The molecule has 1 aliphatic heterocycles. The number of benzene rings is 1. The van der Waals surface area contributed by atoms with Gasteiger partial charge in [0.25, 0.3) is 5.91 Å². The third-order valence-corrected chi connectivity index (χ3v) is 7.09. The Morgan fingerprint density at radius 3 is 2.67 bits per heavy atom. The van der Waals surface area contributed by atoms with Crippen LogP contribution in [0.3, 0.4) is 0 Å². The molecule has 3 aromatic rings. The first kappa shape index (κ1) is 24.4. The highest BCUT2D eigenvalue weighted by Gasteiger charge is 2.33. The summed E-state index contributed by atoms with van der Waals surface area (Å²) in [5.41, 5.74) is 8.91. The number of carbonyl (C=O) groups excluding carboxylic acids is 1. The van der Waals surface area contributed by atoms with Gasteiger partial charge in [-0.2, -0.15) is 0 Å². The highest BCUT2D eigenvalue weighted by atomic mass is 19.4. The number of halogens is 4. The molecule has 3 heterocycles. The van der Waals surface area contributed by atoms with Crippen LogP contribution in [0.15, 0.2) is 24.4 Å². The number of aromatic nitrogens is 2. The molecule has 36 heavy (non-hydrogen) atoms. The first-order valence-corrected chi connectivity index (χ1v) is 11.9. The number of ether oxygens (including phenoxy) is 1. The molecule has 1 amide bonds. The van der Waals surface area contributed by atoms with E-state index >= 15 is 4.39 Å². The lowest BCUT2D eigenvalue weighted by molar-refractivity contribution is -0.274. The average Bonchev–Trinajstić information content (AvgIpc) is 3.03. The topological polar surface area (TPSA) is 104 Å². The van der Waals surface area contributed by atoms with Crippen molar-refractivity contribution in [2.75, 3.05) is 18.8 Å². The molecule has 1 fully saturated rings. The summed E-state index contributed by atoms with van der Waals surface area (Å²) in [6, 6.07) is 3.25. The van der Waals surface area contributed by atoms with Crippen molar-refractivity contribution in [3.63, 3.8) is 0 Å². The van der Waals surface area contributed by atoms with Crippen LogP contribution in [0.5, 0.6) is 5.75 Å². The van der Waals surface area contributed by atoms with Gasteiger partial charge in [-0.05, 0) is 55.7 Å². The summed E-state index contributed by atoms with van der Waals surface area (Å²) in [7, 11) is 0. The average molecular weight is 507 g/mol. The number of aliphatic hydroxyl groups excluding tert-OH is 1. The fourth-order valence-electron chi connectivity index (χ4n) is 5.44. The molecule has 0 radical (unpaired) electrons. The highest BCUT2D eigenvalue weighted by molar-refractivity contribution is 5.99. The van der Waals surface area contributed by atoms with Gasteiger partial charge < -0.3 is 25.5 Å². The molecule has 7 nitrogen and oxygen atoms in total. The molecule has 2 aliphatic rings. The van der Waals surface area contributed by atoms with Gasteiger partial charge in [0.1, 0.15) is 17.2 Å². The first-order valence-electron chi connectivity index (χ1n) is 11.9. The minimum atomic E-state index is -4.86. The van der Waals surface area contributed by atoms with Gasteiger partial charge in [-0.3, -0.25) is 4.79 Å². The van der Waals surface area contributed by atoms with E-state index in [2.05, 4.69) is 14.7 Å². The van der Waals surface area contributed by atoms with E-state index in [1.54, 1.807) is 4.90 Å². The number of nitrogen functional groups attached to an aromatic ring is 1. The van der Waals surface area contributed by atoms with Crippen LogP contribution < -0.4 is 10.5 Å². The third-order valence-electron chi connectivity index (χ3n) is 7.09. The monoisotopic (exact) mass is 506 g/mol. The summed E-state index contributed by atoms with van der Waals surface area (Å²) in [6.07, 6.45) is -0.391. The van der Waals surface area contributed by atoms with Crippen molar-refractivity contribution in [1.82, 2.24) is 14.9 Å². The maximum absolute atomic E-state index is 15.2. The summed E-state index contributed by atoms with van der Waals surface area (Å²) in [5.74, 6) is -1.45. The lowest BCUT2D eigenvalue weighted by atomic mass is 9.86. The number of pyridine rings is 1. The normalized spacial score (nSPS) is 19.2. The van der Waals surface area contributed by atoms with Crippen molar-refractivity contribution < 1.29 is 32.2 Å². The van der Waals surface area contributed by atoms with Crippen molar-refractivity contribution in [1.29, 1.82) is 0 Å². The number of hydrogen-bond acceptors (Lipinski definition) is 5. The van der Waals surface area contributed by atoms with E-state index in [0.29, 0.717) is 50.0 Å². The minimum absolute atomic E-state index is 0.0883. The third kappa shape index (κ3) is 4.71. The number of nitrogens with two attached hydrogens (primary N) is 1. The predicted molar refractivity (Wildman–Crippen MR) is 124 cm³/mol. The van der Waals surface area contributed by atoms with E-state index in [-0.39, 0.29) is 17.2 Å². The van der Waals surface area contributed by atoms with Crippen LogP contribution in [0.4, 0.5) is 23.2 Å². The van der Waals surface area contributed by atoms with E-state index in [1.165, 1.54) is 12.3 Å². The van der Waals surface area contributed by atoms with Crippen molar-refractivity contribution >= 4 is 22.6 Å². The summed E-state index contributed by atoms with van der Waals surface area (Å²) >= 11 is 0. The number of hydrogen-bond donors (Lipinski definition) is 3. The second-order valence-electron chi connectivity index (χ2n) is 9.44. The summed E-state index contributed by atoms with van der Waals surface area (Å²) in [4.78, 5) is 22.2. The van der Waals surface area contributed by atoms with Crippen molar-refractivity contribution in [3.05, 3.63) is 52.6 Å². The number of H-pyrrole nitrogens is 1. The zero-order valence-electron chi connectivity index (χ0n) is 19.4. The Morgan fingerprint density at radius 1 is 1.22 bits per heavy atom. The lowest BCUT2D eigenvalue weighted by Crippen LogP contribution is -2.38. The number of anilines is 1. The SMILES string of the molecule is Nc1cc(OC(F)(F)F)ccc1C(=O)N1CCC(c2c(F)cnc3[nH]c4c(c23)CC(O)CCC4)CC1. The molecule has 1 aromatic carbocycles. The molecular formula is C25H26F4N4O3. The number of nitrogens with one attached hydrogen (secondary N) is 1. The molecule has 1 saturated heterocycles. The number of fused-ring (bicyclic) bond motifs is 3. The Morgan fingerprint density at radius 2 is 1.97 bits per heavy atom. The smallest absolute Gasteiger partial charge is 0.406 e. The second-order valence-corrected chi connectivity index (χ2v) is 9.44. The van der Waals surface area contributed by atoms with E-state index in [9.17, 15) is 23.1 Å². The Hall–Kier alpha value is -3.34. The number of carbonyl (C=O) groups is 1. The fraction of sp³-hybridized carbons (Fsp3) is 0.440. The zero-order chi connectivity index (χ0) is 25.6. The van der Waals surface area contributed by atoms with Gasteiger partial charge >= 0.3 is 6.36 Å². The van der Waals surface area contributed by atoms with E-state index in [0.717, 1.165) is 41.6 Å². The molecule has 1 unspecified atom stereocenters. The van der Waals surface area contributed by atoms with Crippen LogP contribution in [0.2, 0.25) is 0 Å². The highest BCUT2D eigenvalue weighted by Crippen LogP contribution is 2.39. The Bertz CT molecular complexity index is 1300. The number of piperidine rings is 1. The summed E-state index contributed by atoms with van der Waals surface area (Å²) < 4.78 is 56.4. The molecule has 192 valence electrons. The van der Waals surface area contributed by atoms with Crippen LogP contribution >= 0.6 is 0 Å². The second kappa shape index (κ2) is 9.27. The Kier molecular flexibility index (Phi) is 6.27. The van der Waals surface area contributed by atoms with Crippen LogP contribution in [-0.2, 0) is 12.8 Å². The number of amides is 1. The first-order chi connectivity index (χ1) is 17.1. The van der Waals surface area contributed by atoms with Gasteiger partial charge in [0, 0.05) is 47.9 Å². The number of aryl methyl sites for hydroxylation is 1. The number of aliphatic hydroxyl groups is 1. The number of aromatic amines is 1. The molecule has 1 atom stereocenters. The van der Waals surface area contributed by atoms with E-state index in [4.69, 9.17) is 5.73 Å². The number of rotatable bonds is 3. The molecule has 11 heteroatoms. The maximum Gasteiger partial charge on any atom is 0.573 e. The van der Waals surface area contributed by atoms with Gasteiger partial charge in [-0.1, -0.05) is 0 Å². The molecule has 0 spiro atoms. The van der Waals surface area contributed by atoms with Crippen LogP contribution in [0.1, 0.15) is 58.8 Å². The molecule has 5 rings (SSSR count). The standard InChI is InChI=1S/C25H26F4N4O3/c26-18-12-31-23-22(17-10-14(34)2-1-3-20(17)32-23)21(18)13-6-8-33(9-7-13)24(35)16-5-4-15(11-19(16)30)36-25(27,28)29/h4-5,11-14,34H,1-3,6-10,30H2,(H,31,32). The minimum Gasteiger partial charge on any atom is -0.406 e. The van der Waals surface area contributed by atoms with Gasteiger partial charge in [-0.25, -0.2) is 9.37 Å². The van der Waals surface area contributed by atoms with Crippen molar-refractivity contribution in [2.24, 2.45) is 0 Å². The number of alkyl halides is 3. The summed E-state index contributed by atoms with van der Waals surface area (Å²) in [6.45, 7) is 0.671. The molecule has 2 aromatic heterocycles.